The van der Waals surface area contributed by atoms with Gasteiger partial charge in [-0.25, -0.2) is 0 Å². The second-order valence-electron chi connectivity index (χ2n) is 6.08. The van der Waals surface area contributed by atoms with Crippen LogP contribution in [0.25, 0.3) is 0 Å². The Morgan fingerprint density at radius 2 is 2.25 bits per heavy atom. The molecule has 4 heteroatoms. The minimum Gasteiger partial charge on any atom is -0.396 e. The van der Waals surface area contributed by atoms with Crippen LogP contribution in [0.5, 0.6) is 0 Å². The molecule has 0 bridgehead atoms. The van der Waals surface area contributed by atoms with Crippen LogP contribution in [0.15, 0.2) is 24.3 Å². The van der Waals surface area contributed by atoms with Gasteiger partial charge in [0, 0.05) is 24.7 Å². The van der Waals surface area contributed by atoms with Crippen LogP contribution >= 0.6 is 11.6 Å². The van der Waals surface area contributed by atoms with E-state index in [9.17, 15) is 9.90 Å². The van der Waals surface area contributed by atoms with Crippen molar-refractivity contribution >= 4 is 17.5 Å². The Kier molecular flexibility index (Phi) is 4.71. The van der Waals surface area contributed by atoms with Crippen molar-refractivity contribution in [3.05, 3.63) is 34.9 Å². The second-order valence-corrected chi connectivity index (χ2v) is 6.51. The van der Waals surface area contributed by atoms with E-state index >= 15 is 0 Å². The van der Waals surface area contributed by atoms with E-state index in [1.165, 1.54) is 0 Å². The van der Waals surface area contributed by atoms with Crippen molar-refractivity contribution in [3.8, 4) is 0 Å². The third-order valence-electron chi connectivity index (χ3n) is 4.15. The number of benzene rings is 1. The largest absolute Gasteiger partial charge is 0.396 e. The van der Waals surface area contributed by atoms with Gasteiger partial charge in [0.1, 0.15) is 0 Å². The summed E-state index contributed by atoms with van der Waals surface area (Å²) in [6.07, 6.45) is 1.96. The molecular formula is C16H22ClNO2. The summed E-state index contributed by atoms with van der Waals surface area (Å²) in [6.45, 7) is 5.45. The molecular weight excluding hydrogens is 274 g/mol. The van der Waals surface area contributed by atoms with Crippen LogP contribution in [0.1, 0.15) is 32.3 Å². The van der Waals surface area contributed by atoms with Gasteiger partial charge in [0.15, 0.2) is 0 Å². The van der Waals surface area contributed by atoms with E-state index in [1.807, 2.05) is 43.0 Å². The van der Waals surface area contributed by atoms with Gasteiger partial charge < -0.3 is 10.0 Å². The number of carbonyl (C=O) groups excluding carboxylic acids is 1. The molecule has 1 atom stereocenters. The predicted octanol–water partition coefficient (Wildman–Crippen LogP) is 2.85. The standard InChI is InChI=1S/C16H22ClNO2/c1-16(2,13-6-3-7-14(17)9-13)15(20)18-8-4-5-12(10-18)11-19/h3,6-7,9,12,19H,4-5,8,10-11H2,1-2H3. The van der Waals surface area contributed by atoms with Gasteiger partial charge in [-0.1, -0.05) is 23.7 Å². The average molecular weight is 296 g/mol. The molecule has 1 heterocycles. The zero-order chi connectivity index (χ0) is 14.8. The first-order valence-electron chi connectivity index (χ1n) is 7.11. The van der Waals surface area contributed by atoms with Crippen LogP contribution in [0, 0.1) is 5.92 Å². The summed E-state index contributed by atoms with van der Waals surface area (Å²) in [7, 11) is 0. The molecule has 1 aromatic carbocycles. The third kappa shape index (κ3) is 3.15. The van der Waals surface area contributed by atoms with E-state index < -0.39 is 5.41 Å². The minimum atomic E-state index is -0.595. The quantitative estimate of drug-likeness (QED) is 0.931. The van der Waals surface area contributed by atoms with Gasteiger partial charge in [0.25, 0.3) is 0 Å². The molecule has 110 valence electrons. The van der Waals surface area contributed by atoms with Crippen LogP contribution in [-0.4, -0.2) is 35.6 Å². The van der Waals surface area contributed by atoms with Crippen molar-refractivity contribution in [2.75, 3.05) is 19.7 Å². The molecule has 1 unspecified atom stereocenters. The number of rotatable bonds is 3. The smallest absolute Gasteiger partial charge is 0.232 e. The SMILES string of the molecule is CC(C)(C(=O)N1CCCC(CO)C1)c1cccc(Cl)c1. The topological polar surface area (TPSA) is 40.5 Å². The second kappa shape index (κ2) is 6.15. The van der Waals surface area contributed by atoms with E-state index in [0.717, 1.165) is 24.9 Å². The summed E-state index contributed by atoms with van der Waals surface area (Å²) in [5.74, 6) is 0.320. The van der Waals surface area contributed by atoms with Crippen molar-refractivity contribution in [2.45, 2.75) is 32.1 Å². The lowest BCUT2D eigenvalue weighted by molar-refractivity contribution is -0.138. The van der Waals surface area contributed by atoms with E-state index in [0.29, 0.717) is 11.6 Å². The molecule has 1 aliphatic rings. The molecule has 1 N–H and O–H groups in total. The van der Waals surface area contributed by atoms with Crippen LogP contribution in [0.2, 0.25) is 5.02 Å². The van der Waals surface area contributed by atoms with Crippen molar-refractivity contribution in [3.63, 3.8) is 0 Å². The lowest BCUT2D eigenvalue weighted by atomic mass is 9.82. The zero-order valence-electron chi connectivity index (χ0n) is 12.1. The van der Waals surface area contributed by atoms with Gasteiger partial charge in [-0.05, 0) is 50.3 Å². The predicted molar refractivity (Wildman–Crippen MR) is 80.9 cm³/mol. The molecule has 3 nitrogen and oxygen atoms in total. The fraction of sp³-hybridized carbons (Fsp3) is 0.562. The summed E-state index contributed by atoms with van der Waals surface area (Å²) in [5, 5.41) is 9.94. The molecule has 1 saturated heterocycles. The molecule has 20 heavy (non-hydrogen) atoms. The number of hydrogen-bond donors (Lipinski definition) is 1. The number of amides is 1. The van der Waals surface area contributed by atoms with Crippen LogP contribution in [0.3, 0.4) is 0 Å². The number of aliphatic hydroxyl groups is 1. The molecule has 1 fully saturated rings. The molecule has 0 spiro atoms. The molecule has 0 radical (unpaired) electrons. The zero-order valence-corrected chi connectivity index (χ0v) is 12.9. The summed E-state index contributed by atoms with van der Waals surface area (Å²) in [4.78, 5) is 14.7. The summed E-state index contributed by atoms with van der Waals surface area (Å²) in [5.41, 5.74) is 0.337. The maximum absolute atomic E-state index is 12.8. The van der Waals surface area contributed by atoms with E-state index in [2.05, 4.69) is 0 Å². The van der Waals surface area contributed by atoms with Crippen LogP contribution < -0.4 is 0 Å². The number of carbonyl (C=O) groups is 1. The first-order chi connectivity index (χ1) is 9.45. The summed E-state index contributed by atoms with van der Waals surface area (Å²) < 4.78 is 0. The monoisotopic (exact) mass is 295 g/mol. The number of halogens is 1. The minimum absolute atomic E-state index is 0.109. The molecule has 1 aromatic rings. The molecule has 0 aromatic heterocycles. The first kappa shape index (κ1) is 15.3. The van der Waals surface area contributed by atoms with Gasteiger partial charge in [0.2, 0.25) is 5.91 Å². The maximum atomic E-state index is 12.8. The summed E-state index contributed by atoms with van der Waals surface area (Å²) >= 11 is 6.03. The Morgan fingerprint density at radius 3 is 2.90 bits per heavy atom. The Balaban J connectivity index is 2.18. The highest BCUT2D eigenvalue weighted by molar-refractivity contribution is 6.30. The Hall–Kier alpha value is -1.06. The van der Waals surface area contributed by atoms with E-state index in [4.69, 9.17) is 11.6 Å². The third-order valence-corrected chi connectivity index (χ3v) is 4.38. The Labute approximate surface area is 125 Å². The normalized spacial score (nSPS) is 20.0. The molecule has 2 rings (SSSR count). The molecule has 0 aliphatic carbocycles. The van der Waals surface area contributed by atoms with E-state index in [1.54, 1.807) is 0 Å². The lowest BCUT2D eigenvalue weighted by Crippen LogP contribution is -2.48. The molecule has 1 aliphatic heterocycles. The fourth-order valence-electron chi connectivity index (χ4n) is 2.79. The summed E-state index contributed by atoms with van der Waals surface area (Å²) in [6, 6.07) is 7.48. The molecule has 1 amide bonds. The highest BCUT2D eigenvalue weighted by Gasteiger charge is 2.35. The highest BCUT2D eigenvalue weighted by atomic mass is 35.5. The number of hydrogen-bond acceptors (Lipinski definition) is 2. The Bertz CT molecular complexity index is 487. The lowest BCUT2D eigenvalue weighted by Gasteiger charge is -2.37. The number of nitrogens with zero attached hydrogens (tertiary/aromatic N) is 1. The van der Waals surface area contributed by atoms with Crippen molar-refractivity contribution in [1.82, 2.24) is 4.90 Å². The first-order valence-corrected chi connectivity index (χ1v) is 7.49. The van der Waals surface area contributed by atoms with Crippen molar-refractivity contribution in [1.29, 1.82) is 0 Å². The number of aliphatic hydroxyl groups excluding tert-OH is 1. The van der Waals surface area contributed by atoms with Crippen molar-refractivity contribution in [2.24, 2.45) is 5.92 Å². The number of piperidine rings is 1. The van der Waals surface area contributed by atoms with Crippen molar-refractivity contribution < 1.29 is 9.90 Å². The molecule has 0 saturated carbocycles. The van der Waals surface area contributed by atoms with Crippen LogP contribution in [0.4, 0.5) is 0 Å². The van der Waals surface area contributed by atoms with Gasteiger partial charge in [-0.2, -0.15) is 0 Å². The number of likely N-dealkylation sites (tertiary alicyclic amines) is 1. The van der Waals surface area contributed by atoms with E-state index in [-0.39, 0.29) is 18.4 Å². The van der Waals surface area contributed by atoms with Gasteiger partial charge in [-0.3, -0.25) is 4.79 Å². The fourth-order valence-corrected chi connectivity index (χ4v) is 2.98. The van der Waals surface area contributed by atoms with Crippen LogP contribution in [-0.2, 0) is 10.2 Å². The average Bonchev–Trinajstić information content (AvgIpc) is 2.46. The maximum Gasteiger partial charge on any atom is 0.232 e. The van der Waals surface area contributed by atoms with Gasteiger partial charge in [-0.15, -0.1) is 0 Å². The van der Waals surface area contributed by atoms with Gasteiger partial charge >= 0.3 is 0 Å². The van der Waals surface area contributed by atoms with Gasteiger partial charge in [0.05, 0.1) is 5.41 Å². The highest BCUT2D eigenvalue weighted by Crippen LogP contribution is 2.29. The Morgan fingerprint density at radius 1 is 1.50 bits per heavy atom.